The smallest absolute Gasteiger partial charge is 0.373 e. The van der Waals surface area contributed by atoms with Gasteiger partial charge >= 0.3 is 11.8 Å². The summed E-state index contributed by atoms with van der Waals surface area (Å²) in [6, 6.07) is 1.05. The zero-order valence-electron chi connectivity index (χ0n) is 9.65. The normalized spacial score (nSPS) is 10.5. The molecular weight excluding hydrogens is 250 g/mol. The van der Waals surface area contributed by atoms with Crippen molar-refractivity contribution in [2.24, 2.45) is 0 Å². The van der Waals surface area contributed by atoms with Crippen molar-refractivity contribution < 1.29 is 23.2 Å². The monoisotopic (exact) mass is 260 g/mol. The number of aryl methyl sites for hydroxylation is 1. The number of aromatic nitrogens is 1. The Morgan fingerprint density at radius 3 is 2.67 bits per heavy atom. The van der Waals surface area contributed by atoms with Gasteiger partial charge in [-0.05, 0) is 16.8 Å². The van der Waals surface area contributed by atoms with Crippen molar-refractivity contribution >= 4 is 11.8 Å². The van der Waals surface area contributed by atoms with E-state index in [0.717, 1.165) is 6.07 Å². The van der Waals surface area contributed by atoms with Crippen molar-refractivity contribution in [3.63, 3.8) is 0 Å². The third-order valence-corrected chi connectivity index (χ3v) is 2.05. The highest BCUT2D eigenvalue weighted by Crippen LogP contribution is 2.31. The fourth-order valence-corrected chi connectivity index (χ4v) is 1.40. The Balaban J connectivity index is 3.48. The lowest BCUT2D eigenvalue weighted by atomic mass is 10.1. The van der Waals surface area contributed by atoms with Crippen molar-refractivity contribution in [3.8, 4) is 0 Å². The van der Waals surface area contributed by atoms with E-state index in [0.29, 0.717) is 0 Å². The van der Waals surface area contributed by atoms with Crippen LogP contribution in [-0.2, 0) is 4.74 Å². The lowest BCUT2D eigenvalue weighted by molar-refractivity contribution is -0.391. The summed E-state index contributed by atoms with van der Waals surface area (Å²) >= 11 is 0. The Kier molecular flexibility index (Phi) is 4.24. The van der Waals surface area contributed by atoms with Crippen LogP contribution in [0.4, 0.5) is 14.6 Å². The minimum absolute atomic E-state index is 0.0172. The van der Waals surface area contributed by atoms with Crippen molar-refractivity contribution in [1.29, 1.82) is 0 Å². The lowest BCUT2D eigenvalue weighted by Gasteiger charge is -2.08. The molecule has 0 unspecified atom stereocenters. The number of carbonyl (C=O) groups is 1. The van der Waals surface area contributed by atoms with Crippen LogP contribution in [0.3, 0.4) is 0 Å². The molecular formula is C10H10F2N2O4. The maximum atomic E-state index is 12.8. The molecule has 0 N–H and O–H groups in total. The lowest BCUT2D eigenvalue weighted by Crippen LogP contribution is -2.12. The average Bonchev–Trinajstić information content (AvgIpc) is 2.27. The van der Waals surface area contributed by atoms with Crippen LogP contribution >= 0.6 is 0 Å². The molecule has 0 amide bonds. The molecule has 8 heteroatoms. The van der Waals surface area contributed by atoms with Crippen LogP contribution in [0.15, 0.2) is 6.07 Å². The Bertz CT molecular complexity index is 491. The minimum atomic E-state index is -3.18. The van der Waals surface area contributed by atoms with Gasteiger partial charge in [0.05, 0.1) is 12.2 Å². The van der Waals surface area contributed by atoms with Gasteiger partial charge in [-0.2, -0.15) is 0 Å². The van der Waals surface area contributed by atoms with Crippen molar-refractivity contribution in [2.45, 2.75) is 20.3 Å². The standard InChI is InChI=1S/C10H10F2N2O4/c1-3-18-10(15)6-4-5(2)13-9(14(16)17)7(6)8(11)12/h4,8H,3H2,1-2H3. The van der Waals surface area contributed by atoms with Crippen molar-refractivity contribution in [3.05, 3.63) is 33.0 Å². The molecule has 0 aliphatic rings. The van der Waals surface area contributed by atoms with Gasteiger partial charge in [0.25, 0.3) is 6.43 Å². The molecule has 98 valence electrons. The Labute approximate surface area is 101 Å². The van der Waals surface area contributed by atoms with Gasteiger partial charge < -0.3 is 14.9 Å². The van der Waals surface area contributed by atoms with Crippen LogP contribution < -0.4 is 0 Å². The topological polar surface area (TPSA) is 82.3 Å². The van der Waals surface area contributed by atoms with Gasteiger partial charge in [-0.25, -0.2) is 13.6 Å². The first-order valence-corrected chi connectivity index (χ1v) is 4.99. The molecule has 0 radical (unpaired) electrons. The fraction of sp³-hybridized carbons (Fsp3) is 0.400. The van der Waals surface area contributed by atoms with Crippen LogP contribution in [0.2, 0.25) is 0 Å². The molecule has 6 nitrogen and oxygen atoms in total. The summed E-state index contributed by atoms with van der Waals surface area (Å²) in [6.45, 7) is 2.85. The molecule has 0 atom stereocenters. The molecule has 1 aromatic rings. The summed E-state index contributed by atoms with van der Waals surface area (Å²) in [5.41, 5.74) is -1.44. The number of halogens is 2. The summed E-state index contributed by atoms with van der Waals surface area (Å²) in [7, 11) is 0. The first-order valence-electron chi connectivity index (χ1n) is 4.99. The summed E-state index contributed by atoms with van der Waals surface area (Å²) in [6.07, 6.45) is -3.18. The molecule has 1 aromatic heterocycles. The van der Waals surface area contributed by atoms with E-state index in [2.05, 4.69) is 9.72 Å². The van der Waals surface area contributed by atoms with Gasteiger partial charge in [-0.1, -0.05) is 0 Å². The molecule has 18 heavy (non-hydrogen) atoms. The second kappa shape index (κ2) is 5.48. The third-order valence-electron chi connectivity index (χ3n) is 2.05. The van der Waals surface area contributed by atoms with E-state index in [1.54, 1.807) is 0 Å². The Morgan fingerprint density at radius 1 is 1.61 bits per heavy atom. The number of pyridine rings is 1. The van der Waals surface area contributed by atoms with E-state index in [1.807, 2.05) is 0 Å². The maximum Gasteiger partial charge on any atom is 0.373 e. The van der Waals surface area contributed by atoms with Crippen LogP contribution in [0, 0.1) is 17.0 Å². The van der Waals surface area contributed by atoms with Gasteiger partial charge in [0, 0.05) is 13.0 Å². The number of nitro groups is 1. The molecule has 0 saturated carbocycles. The van der Waals surface area contributed by atoms with E-state index in [9.17, 15) is 23.7 Å². The van der Waals surface area contributed by atoms with E-state index in [4.69, 9.17) is 0 Å². The largest absolute Gasteiger partial charge is 0.462 e. The molecule has 1 heterocycles. The fourth-order valence-electron chi connectivity index (χ4n) is 1.40. The first-order chi connectivity index (χ1) is 8.38. The summed E-state index contributed by atoms with van der Waals surface area (Å²) < 4.78 is 30.2. The summed E-state index contributed by atoms with van der Waals surface area (Å²) in [5, 5.41) is 10.7. The molecule has 0 aliphatic carbocycles. The molecule has 0 aliphatic heterocycles. The number of ether oxygens (including phenoxy) is 1. The number of nitrogens with zero attached hydrogens (tertiary/aromatic N) is 2. The second-order valence-corrected chi connectivity index (χ2v) is 3.33. The van der Waals surface area contributed by atoms with Gasteiger partial charge in [0.1, 0.15) is 5.56 Å². The zero-order valence-corrected chi connectivity index (χ0v) is 9.65. The average molecular weight is 260 g/mol. The molecule has 1 rings (SSSR count). The Morgan fingerprint density at radius 2 is 2.22 bits per heavy atom. The van der Waals surface area contributed by atoms with Crippen LogP contribution in [0.1, 0.15) is 35.0 Å². The Hall–Kier alpha value is -2.12. The predicted octanol–water partition coefficient (Wildman–Crippen LogP) is 2.41. The maximum absolute atomic E-state index is 12.8. The predicted molar refractivity (Wildman–Crippen MR) is 56.5 cm³/mol. The number of hydrogen-bond donors (Lipinski definition) is 0. The number of alkyl halides is 2. The van der Waals surface area contributed by atoms with Crippen molar-refractivity contribution in [1.82, 2.24) is 4.98 Å². The van der Waals surface area contributed by atoms with Gasteiger partial charge in [0.15, 0.2) is 5.69 Å². The highest BCUT2D eigenvalue weighted by molar-refractivity contribution is 5.92. The van der Waals surface area contributed by atoms with E-state index in [1.165, 1.54) is 13.8 Å². The molecule has 0 spiro atoms. The third kappa shape index (κ3) is 2.76. The number of hydrogen-bond acceptors (Lipinski definition) is 5. The zero-order chi connectivity index (χ0) is 13.9. The van der Waals surface area contributed by atoms with E-state index in [-0.39, 0.29) is 12.3 Å². The quantitative estimate of drug-likeness (QED) is 0.471. The number of rotatable bonds is 4. The highest BCUT2D eigenvalue weighted by Gasteiger charge is 2.31. The summed E-state index contributed by atoms with van der Waals surface area (Å²) in [4.78, 5) is 24.5. The molecule has 0 bridgehead atoms. The first kappa shape index (κ1) is 13.9. The van der Waals surface area contributed by atoms with Crippen LogP contribution in [-0.4, -0.2) is 22.5 Å². The van der Waals surface area contributed by atoms with Gasteiger partial charge in [-0.3, -0.25) is 0 Å². The molecule has 0 saturated heterocycles. The van der Waals surface area contributed by atoms with Crippen molar-refractivity contribution in [2.75, 3.05) is 6.61 Å². The van der Waals surface area contributed by atoms with Gasteiger partial charge in [0.2, 0.25) is 0 Å². The molecule has 0 aromatic carbocycles. The van der Waals surface area contributed by atoms with E-state index < -0.39 is 34.3 Å². The number of carbonyl (C=O) groups excluding carboxylic acids is 1. The molecule has 0 fully saturated rings. The van der Waals surface area contributed by atoms with Crippen LogP contribution in [0.25, 0.3) is 0 Å². The summed E-state index contributed by atoms with van der Waals surface area (Å²) in [5.74, 6) is -2.05. The number of esters is 1. The van der Waals surface area contributed by atoms with E-state index >= 15 is 0 Å². The second-order valence-electron chi connectivity index (χ2n) is 3.33. The SMILES string of the molecule is CCOC(=O)c1cc(C)nc([N+](=O)[O-])c1C(F)F. The minimum Gasteiger partial charge on any atom is -0.462 e. The van der Waals surface area contributed by atoms with Crippen LogP contribution in [0.5, 0.6) is 0 Å². The highest BCUT2D eigenvalue weighted by atomic mass is 19.3. The van der Waals surface area contributed by atoms with Gasteiger partial charge in [-0.15, -0.1) is 0 Å².